The third kappa shape index (κ3) is 7.69. The normalized spacial score (nSPS) is 11.1. The number of aryl methyl sites for hydroxylation is 3. The second-order valence-electron chi connectivity index (χ2n) is 6.09. The fourth-order valence-corrected chi connectivity index (χ4v) is 3.25. The van der Waals surface area contributed by atoms with Crippen LogP contribution in [0, 0.1) is 13.8 Å². The topological polar surface area (TPSA) is 63.5 Å². The van der Waals surface area contributed by atoms with Crippen molar-refractivity contribution < 1.29 is 4.74 Å². The number of nitrogens with one attached hydrogen (secondary N) is 2. The molecule has 0 saturated heterocycles. The fourth-order valence-electron chi connectivity index (χ4n) is 2.66. The Morgan fingerprint density at radius 2 is 2.04 bits per heavy atom. The molecule has 0 amide bonds. The third-order valence-corrected chi connectivity index (χ3v) is 4.54. The third-order valence-electron chi connectivity index (χ3n) is 3.92. The van der Waals surface area contributed by atoms with Crippen LogP contribution in [-0.2, 0) is 13.1 Å². The minimum Gasteiger partial charge on any atom is -0.496 e. The predicted octanol–water partition coefficient (Wildman–Crippen LogP) is 4.03. The Morgan fingerprint density at radius 3 is 2.63 bits per heavy atom. The Balaban J connectivity index is 0.00000364. The highest BCUT2D eigenvalue weighted by Crippen LogP contribution is 2.25. The summed E-state index contributed by atoms with van der Waals surface area (Å²) >= 11 is 3.51. The lowest BCUT2D eigenvalue weighted by Gasteiger charge is -2.12. The van der Waals surface area contributed by atoms with E-state index in [1.807, 2.05) is 25.1 Å². The van der Waals surface area contributed by atoms with E-state index in [2.05, 4.69) is 61.3 Å². The number of hydrogen-bond donors (Lipinski definition) is 2. The maximum Gasteiger partial charge on any atom is 0.191 e. The van der Waals surface area contributed by atoms with Gasteiger partial charge < -0.3 is 15.4 Å². The molecule has 0 aliphatic carbocycles. The number of halogens is 2. The summed E-state index contributed by atoms with van der Waals surface area (Å²) in [5.74, 6) is 1.65. The van der Waals surface area contributed by atoms with Crippen molar-refractivity contribution in [2.45, 2.75) is 40.3 Å². The van der Waals surface area contributed by atoms with E-state index in [1.54, 1.807) is 7.11 Å². The van der Waals surface area contributed by atoms with E-state index in [0.717, 1.165) is 53.5 Å². The van der Waals surface area contributed by atoms with Gasteiger partial charge in [-0.3, -0.25) is 4.68 Å². The second-order valence-corrected chi connectivity index (χ2v) is 6.95. The number of rotatable bonds is 8. The first-order valence-electron chi connectivity index (χ1n) is 8.89. The van der Waals surface area contributed by atoms with Crippen molar-refractivity contribution in [3.63, 3.8) is 0 Å². The Hall–Kier alpha value is -1.29. The average molecular weight is 550 g/mol. The largest absolute Gasteiger partial charge is 0.496 e. The lowest BCUT2D eigenvalue weighted by atomic mass is 10.2. The minimum absolute atomic E-state index is 0. The fraction of sp³-hybridized carbons (Fsp3) is 0.474. The molecule has 1 aromatic heterocycles. The number of benzene rings is 1. The Kier molecular flexibility index (Phi) is 10.8. The molecule has 0 atom stereocenters. The Bertz CT molecular complexity index is 748. The van der Waals surface area contributed by atoms with Crippen molar-refractivity contribution in [2.75, 3.05) is 20.2 Å². The van der Waals surface area contributed by atoms with Crippen LogP contribution < -0.4 is 15.4 Å². The summed E-state index contributed by atoms with van der Waals surface area (Å²) in [4.78, 5) is 4.66. The molecule has 150 valence electrons. The minimum atomic E-state index is 0. The van der Waals surface area contributed by atoms with Gasteiger partial charge in [0.2, 0.25) is 0 Å². The molecule has 0 fully saturated rings. The van der Waals surface area contributed by atoms with Crippen LogP contribution in [0.5, 0.6) is 5.75 Å². The van der Waals surface area contributed by atoms with Crippen LogP contribution in [0.25, 0.3) is 0 Å². The summed E-state index contributed by atoms with van der Waals surface area (Å²) in [7, 11) is 1.66. The molecule has 0 radical (unpaired) electrons. The molecule has 0 bridgehead atoms. The molecule has 0 spiro atoms. The summed E-state index contributed by atoms with van der Waals surface area (Å²) in [6.07, 6.45) is 0.987. The smallest absolute Gasteiger partial charge is 0.191 e. The van der Waals surface area contributed by atoms with Crippen LogP contribution >= 0.6 is 39.9 Å². The summed E-state index contributed by atoms with van der Waals surface area (Å²) in [6.45, 7) is 9.36. The summed E-state index contributed by atoms with van der Waals surface area (Å²) < 4.78 is 8.25. The molecule has 0 saturated carbocycles. The monoisotopic (exact) mass is 549 g/mol. The molecule has 6 nitrogen and oxygen atoms in total. The van der Waals surface area contributed by atoms with Crippen LogP contribution in [-0.4, -0.2) is 35.9 Å². The molecule has 0 aliphatic rings. The van der Waals surface area contributed by atoms with Crippen molar-refractivity contribution in [1.29, 1.82) is 0 Å². The molecule has 8 heteroatoms. The van der Waals surface area contributed by atoms with Crippen LogP contribution in [0.1, 0.15) is 30.3 Å². The molecule has 2 N–H and O–H groups in total. The highest BCUT2D eigenvalue weighted by Gasteiger charge is 2.03. The number of aliphatic imine (C=N–C) groups is 1. The maximum atomic E-state index is 5.26. The van der Waals surface area contributed by atoms with Gasteiger partial charge in [-0.15, -0.1) is 24.0 Å². The number of methoxy groups -OCH3 is 1. The van der Waals surface area contributed by atoms with Gasteiger partial charge in [-0.25, -0.2) is 4.99 Å². The average Bonchev–Trinajstić information content (AvgIpc) is 2.94. The molecular weight excluding hydrogens is 521 g/mol. The molecular formula is C19H29BrIN5O. The zero-order valence-corrected chi connectivity index (χ0v) is 20.3. The molecule has 27 heavy (non-hydrogen) atoms. The Morgan fingerprint density at radius 1 is 1.26 bits per heavy atom. The van der Waals surface area contributed by atoms with Crippen LogP contribution in [0.15, 0.2) is 33.7 Å². The highest BCUT2D eigenvalue weighted by atomic mass is 127. The molecule has 2 aromatic rings. The first-order valence-corrected chi connectivity index (χ1v) is 9.68. The van der Waals surface area contributed by atoms with Crippen LogP contribution in [0.4, 0.5) is 0 Å². The van der Waals surface area contributed by atoms with E-state index in [-0.39, 0.29) is 24.0 Å². The predicted molar refractivity (Wildman–Crippen MR) is 125 cm³/mol. The number of nitrogens with zero attached hydrogens (tertiary/aromatic N) is 3. The van der Waals surface area contributed by atoms with Gasteiger partial charge in [-0.1, -0.05) is 6.07 Å². The number of aromatic nitrogens is 2. The van der Waals surface area contributed by atoms with E-state index in [4.69, 9.17) is 4.74 Å². The zero-order chi connectivity index (χ0) is 18.9. The van der Waals surface area contributed by atoms with Gasteiger partial charge in [0.15, 0.2) is 5.96 Å². The maximum absolute atomic E-state index is 5.26. The lowest BCUT2D eigenvalue weighted by Crippen LogP contribution is -2.38. The zero-order valence-electron chi connectivity index (χ0n) is 16.4. The van der Waals surface area contributed by atoms with Crippen LogP contribution in [0.3, 0.4) is 0 Å². The molecule has 1 heterocycles. The quantitative estimate of drug-likeness (QED) is 0.226. The summed E-state index contributed by atoms with van der Waals surface area (Å²) in [5.41, 5.74) is 3.39. The van der Waals surface area contributed by atoms with Crippen LogP contribution in [0.2, 0.25) is 0 Å². The number of hydrogen-bond acceptors (Lipinski definition) is 3. The van der Waals surface area contributed by atoms with E-state index in [9.17, 15) is 0 Å². The van der Waals surface area contributed by atoms with Gasteiger partial charge in [0.1, 0.15) is 5.75 Å². The standard InChI is InChI=1S/C19H28BrN5O.HI/c1-5-21-19(22-9-6-10-25-15(3)11-14(2)24-25)23-13-16-7-8-18(26-4)17(20)12-16;/h7-8,11-12H,5-6,9-10,13H2,1-4H3,(H2,21,22,23);1H. The van der Waals surface area contributed by atoms with Gasteiger partial charge >= 0.3 is 0 Å². The number of guanidine groups is 1. The first-order chi connectivity index (χ1) is 12.5. The molecule has 0 aliphatic heterocycles. The van der Waals surface area contributed by atoms with Gasteiger partial charge in [0.25, 0.3) is 0 Å². The SMILES string of the molecule is CCNC(=NCc1ccc(OC)c(Br)c1)NCCCn1nc(C)cc1C.I. The summed E-state index contributed by atoms with van der Waals surface area (Å²) in [6, 6.07) is 8.11. The second kappa shape index (κ2) is 12.2. The molecule has 0 unspecified atom stereocenters. The van der Waals surface area contributed by atoms with Crippen molar-refractivity contribution in [1.82, 2.24) is 20.4 Å². The van der Waals surface area contributed by atoms with Gasteiger partial charge in [0.05, 0.1) is 23.8 Å². The lowest BCUT2D eigenvalue weighted by molar-refractivity contribution is 0.412. The first kappa shape index (κ1) is 23.7. The van der Waals surface area contributed by atoms with E-state index >= 15 is 0 Å². The summed E-state index contributed by atoms with van der Waals surface area (Å²) in [5, 5.41) is 11.2. The van der Waals surface area contributed by atoms with Crippen molar-refractivity contribution in [3.05, 3.63) is 45.7 Å². The van der Waals surface area contributed by atoms with E-state index in [0.29, 0.717) is 6.54 Å². The molecule has 2 rings (SSSR count). The molecule has 1 aromatic carbocycles. The highest BCUT2D eigenvalue weighted by molar-refractivity contribution is 14.0. The van der Waals surface area contributed by atoms with Gasteiger partial charge in [-0.2, -0.15) is 5.10 Å². The van der Waals surface area contributed by atoms with E-state index in [1.165, 1.54) is 5.69 Å². The van der Waals surface area contributed by atoms with Crippen molar-refractivity contribution in [3.8, 4) is 5.75 Å². The van der Waals surface area contributed by atoms with E-state index < -0.39 is 0 Å². The van der Waals surface area contributed by atoms with Gasteiger partial charge in [0, 0.05) is 25.3 Å². The number of ether oxygens (including phenoxy) is 1. The van der Waals surface area contributed by atoms with Crippen molar-refractivity contribution >= 4 is 45.9 Å². The Labute approximate surface area is 187 Å². The van der Waals surface area contributed by atoms with Crippen molar-refractivity contribution in [2.24, 2.45) is 4.99 Å². The van der Waals surface area contributed by atoms with Gasteiger partial charge in [-0.05, 0) is 66.9 Å².